The Bertz CT molecular complexity index is 618. The molecular weight excluding hydrogens is 252 g/mol. The van der Waals surface area contributed by atoms with Crippen molar-refractivity contribution in [2.45, 2.75) is 13.1 Å². The van der Waals surface area contributed by atoms with Crippen LogP contribution in [0.1, 0.15) is 6.92 Å². The molecule has 0 spiro atoms. The van der Waals surface area contributed by atoms with E-state index in [1.807, 2.05) is 54.6 Å². The second kappa shape index (κ2) is 4.94. The lowest BCUT2D eigenvalue weighted by atomic mass is 10.3. The fraction of sp³-hybridized carbons (Fsp3) is 0.200. The molecule has 2 aliphatic heterocycles. The lowest BCUT2D eigenvalue weighted by Crippen LogP contribution is -2.48. The Morgan fingerprint density at radius 1 is 1.35 bits per heavy atom. The Labute approximate surface area is 117 Å². The van der Waals surface area contributed by atoms with Crippen LogP contribution in [0.2, 0.25) is 0 Å². The standard InChI is InChI=1S/C15H16N4O/c1-11-18(2)9-8-14-17-13(10-19(11)14)15(20)16-12-6-4-3-5-7-12/h3-11H,1-2H3,(H,16,20)/q+1. The maximum absolute atomic E-state index is 12.2. The van der Waals surface area contributed by atoms with Crippen molar-refractivity contribution in [2.24, 2.45) is 4.99 Å². The summed E-state index contributed by atoms with van der Waals surface area (Å²) < 4.78 is 0. The van der Waals surface area contributed by atoms with Gasteiger partial charge < -0.3 is 10.2 Å². The largest absolute Gasteiger partial charge is 0.328 e. The normalized spacial score (nSPS) is 21.3. The Morgan fingerprint density at radius 2 is 2.10 bits per heavy atom. The summed E-state index contributed by atoms with van der Waals surface area (Å²) >= 11 is 0. The van der Waals surface area contributed by atoms with Crippen molar-refractivity contribution in [3.05, 3.63) is 54.5 Å². The molecule has 2 heterocycles. The molecule has 1 unspecified atom stereocenters. The van der Waals surface area contributed by atoms with Crippen molar-refractivity contribution in [3.8, 4) is 0 Å². The molecule has 1 aromatic carbocycles. The SMILES string of the molecule is CC1N(C)C=CC2=NC(C(=O)Nc3ccccc3)=C[N+]21. The number of carbonyl (C=O) groups excluding carboxylic acids is 1. The second-order valence-electron chi connectivity index (χ2n) is 4.82. The van der Waals surface area contributed by atoms with Crippen LogP contribution in [0, 0.1) is 0 Å². The molecule has 0 aromatic heterocycles. The predicted molar refractivity (Wildman–Crippen MR) is 79.1 cm³/mol. The second-order valence-corrected chi connectivity index (χ2v) is 4.82. The predicted octanol–water partition coefficient (Wildman–Crippen LogP) is 1.82. The first-order valence-corrected chi connectivity index (χ1v) is 6.50. The third-order valence-electron chi connectivity index (χ3n) is 3.48. The maximum Gasteiger partial charge on any atom is 0.285 e. The Balaban J connectivity index is 1.78. The van der Waals surface area contributed by atoms with Crippen LogP contribution in [0.4, 0.5) is 5.69 Å². The van der Waals surface area contributed by atoms with Crippen LogP contribution in [0.3, 0.4) is 0 Å². The Kier molecular flexibility index (Phi) is 3.12. The zero-order valence-electron chi connectivity index (χ0n) is 11.4. The third-order valence-corrected chi connectivity index (χ3v) is 3.48. The quantitative estimate of drug-likeness (QED) is 0.832. The molecule has 2 aliphatic rings. The summed E-state index contributed by atoms with van der Waals surface area (Å²) in [6.45, 7) is 2.06. The maximum atomic E-state index is 12.2. The molecule has 20 heavy (non-hydrogen) atoms. The molecule has 0 bridgehead atoms. The highest BCUT2D eigenvalue weighted by atomic mass is 16.2. The fourth-order valence-electron chi connectivity index (χ4n) is 2.16. The number of benzene rings is 1. The lowest BCUT2D eigenvalue weighted by Gasteiger charge is -2.24. The number of anilines is 1. The highest BCUT2D eigenvalue weighted by Crippen LogP contribution is 2.19. The Hall–Kier alpha value is -2.40. The summed E-state index contributed by atoms with van der Waals surface area (Å²) in [5, 5.41) is 2.84. The van der Waals surface area contributed by atoms with Gasteiger partial charge in [-0.25, -0.2) is 0 Å². The minimum atomic E-state index is -0.193. The monoisotopic (exact) mass is 268 g/mol. The smallest absolute Gasteiger partial charge is 0.285 e. The number of hydrogen-bond donors (Lipinski definition) is 1. The molecule has 1 atom stereocenters. The van der Waals surface area contributed by atoms with E-state index in [2.05, 4.69) is 22.1 Å². The van der Waals surface area contributed by atoms with Gasteiger partial charge >= 0.3 is 0 Å². The summed E-state index contributed by atoms with van der Waals surface area (Å²) in [7, 11) is 1.99. The number of hydrogen-bond acceptors (Lipinski definition) is 4. The third kappa shape index (κ3) is 2.23. The van der Waals surface area contributed by atoms with Crippen LogP contribution in [-0.4, -0.2) is 29.9 Å². The number of fused-ring (bicyclic) bond motifs is 1. The molecule has 0 fully saturated rings. The molecule has 0 aliphatic carbocycles. The van der Waals surface area contributed by atoms with Gasteiger partial charge in [-0.1, -0.05) is 23.1 Å². The average molecular weight is 268 g/mol. The summed E-state index contributed by atoms with van der Waals surface area (Å²) in [5.41, 5.74) is 1.19. The molecule has 0 saturated carbocycles. The number of amides is 1. The number of carbonyl (C=O) groups is 1. The van der Waals surface area contributed by atoms with Gasteiger partial charge in [0.1, 0.15) is 0 Å². The number of aliphatic imine (C=N–C) groups is 1. The number of nitrogens with one attached hydrogen (secondary N) is 1. The number of amidine groups is 1. The van der Waals surface area contributed by atoms with Gasteiger partial charge in [0.2, 0.25) is 6.17 Å². The van der Waals surface area contributed by atoms with Crippen molar-refractivity contribution in [1.29, 1.82) is 0 Å². The molecule has 5 heteroatoms. The van der Waals surface area contributed by atoms with E-state index in [-0.39, 0.29) is 12.1 Å². The molecular formula is C15H16N4O+. The summed E-state index contributed by atoms with van der Waals surface area (Å²) in [6, 6.07) is 9.38. The van der Waals surface area contributed by atoms with Gasteiger partial charge in [0.25, 0.3) is 11.7 Å². The zero-order valence-corrected chi connectivity index (χ0v) is 11.4. The zero-order chi connectivity index (χ0) is 14.1. The van der Waals surface area contributed by atoms with Gasteiger partial charge in [0.15, 0.2) is 11.9 Å². The molecule has 1 amide bonds. The molecule has 1 N–H and O–H groups in total. The van der Waals surface area contributed by atoms with Crippen LogP contribution >= 0.6 is 0 Å². The highest BCUT2D eigenvalue weighted by molar-refractivity contribution is 6.10. The van der Waals surface area contributed by atoms with E-state index in [0.29, 0.717) is 5.70 Å². The lowest BCUT2D eigenvalue weighted by molar-refractivity contribution is -0.112. The molecule has 101 valence electrons. The van der Waals surface area contributed by atoms with Crippen molar-refractivity contribution >= 4 is 17.4 Å². The minimum absolute atomic E-state index is 0.153. The first-order valence-electron chi connectivity index (χ1n) is 6.50. The van der Waals surface area contributed by atoms with E-state index in [1.54, 1.807) is 6.20 Å². The van der Waals surface area contributed by atoms with Gasteiger partial charge in [0.05, 0.1) is 0 Å². The molecule has 1 radical (unpaired) electrons. The molecule has 1 aromatic rings. The van der Waals surface area contributed by atoms with Crippen LogP contribution < -0.4 is 10.2 Å². The molecule has 0 saturated heterocycles. The number of para-hydroxylation sites is 1. The summed E-state index contributed by atoms with van der Waals surface area (Å²) in [5.74, 6) is 0.607. The van der Waals surface area contributed by atoms with Crippen molar-refractivity contribution in [3.63, 3.8) is 0 Å². The first-order chi connectivity index (χ1) is 9.65. The van der Waals surface area contributed by atoms with E-state index < -0.39 is 0 Å². The molecule has 5 nitrogen and oxygen atoms in total. The van der Waals surface area contributed by atoms with Crippen LogP contribution in [0.25, 0.3) is 0 Å². The number of nitrogens with zero attached hydrogens (tertiary/aromatic N) is 3. The van der Waals surface area contributed by atoms with E-state index in [4.69, 9.17) is 0 Å². The van der Waals surface area contributed by atoms with Gasteiger partial charge in [-0.3, -0.25) is 4.79 Å². The topological polar surface area (TPSA) is 50.6 Å². The fourth-order valence-corrected chi connectivity index (χ4v) is 2.16. The van der Waals surface area contributed by atoms with Gasteiger partial charge in [-0.05, 0) is 12.1 Å². The molecule has 3 rings (SSSR count). The summed E-state index contributed by atoms with van der Waals surface area (Å²) in [6.07, 6.45) is 5.81. The average Bonchev–Trinajstić information content (AvgIpc) is 2.89. The summed E-state index contributed by atoms with van der Waals surface area (Å²) in [4.78, 5) is 20.6. The number of rotatable bonds is 2. The van der Waals surface area contributed by atoms with Gasteiger partial charge in [0, 0.05) is 31.9 Å². The van der Waals surface area contributed by atoms with E-state index >= 15 is 0 Å². The van der Waals surface area contributed by atoms with Gasteiger partial charge in [-0.2, -0.15) is 4.99 Å². The van der Waals surface area contributed by atoms with E-state index in [1.165, 1.54) is 0 Å². The first kappa shape index (κ1) is 12.6. The highest BCUT2D eigenvalue weighted by Gasteiger charge is 2.39. The van der Waals surface area contributed by atoms with E-state index in [0.717, 1.165) is 11.5 Å². The Morgan fingerprint density at radius 3 is 2.85 bits per heavy atom. The van der Waals surface area contributed by atoms with Gasteiger partial charge in [-0.15, -0.1) is 0 Å². The van der Waals surface area contributed by atoms with Crippen LogP contribution in [0.5, 0.6) is 0 Å². The van der Waals surface area contributed by atoms with Crippen molar-refractivity contribution in [1.82, 2.24) is 9.80 Å². The minimum Gasteiger partial charge on any atom is -0.328 e. The van der Waals surface area contributed by atoms with Crippen LogP contribution in [0.15, 0.2) is 59.5 Å². The van der Waals surface area contributed by atoms with Crippen LogP contribution in [-0.2, 0) is 4.79 Å². The van der Waals surface area contributed by atoms with Crippen molar-refractivity contribution < 1.29 is 4.79 Å². The van der Waals surface area contributed by atoms with E-state index in [9.17, 15) is 4.79 Å². The van der Waals surface area contributed by atoms with Crippen molar-refractivity contribution in [2.75, 3.05) is 12.4 Å².